The largest absolute Gasteiger partial charge is 0.379 e. The topological polar surface area (TPSA) is 106 Å². The number of ether oxygens (including phenoxy) is 1. The molecular formula is C25H27N5O4S. The van der Waals surface area contributed by atoms with Crippen molar-refractivity contribution in [1.82, 2.24) is 18.8 Å². The van der Waals surface area contributed by atoms with E-state index in [0.29, 0.717) is 44.8 Å². The van der Waals surface area contributed by atoms with Gasteiger partial charge < -0.3 is 14.6 Å². The van der Waals surface area contributed by atoms with E-state index in [-0.39, 0.29) is 17.2 Å². The number of morpholine rings is 1. The molecule has 0 unspecified atom stereocenters. The molecule has 1 aliphatic heterocycles. The van der Waals surface area contributed by atoms with Crippen LogP contribution in [0.1, 0.15) is 19.2 Å². The number of aryl methyl sites for hydroxylation is 2. The third-order valence-corrected chi connectivity index (χ3v) is 8.08. The van der Waals surface area contributed by atoms with Gasteiger partial charge in [0, 0.05) is 49.7 Å². The van der Waals surface area contributed by atoms with Crippen LogP contribution in [0.15, 0.2) is 59.6 Å². The maximum Gasteiger partial charge on any atom is 0.243 e. The zero-order chi connectivity index (χ0) is 24.4. The van der Waals surface area contributed by atoms with E-state index in [1.165, 1.54) is 4.31 Å². The van der Waals surface area contributed by atoms with Crippen LogP contribution < -0.4 is 5.32 Å². The predicted octanol–water partition coefficient (Wildman–Crippen LogP) is 3.20. The summed E-state index contributed by atoms with van der Waals surface area (Å²) in [4.78, 5) is 21.8. The molecule has 9 nitrogen and oxygen atoms in total. The molecule has 1 fully saturated rings. The number of sulfonamides is 1. The third kappa shape index (κ3) is 4.77. The second-order valence-corrected chi connectivity index (χ2v) is 10.3. The number of amides is 1. The number of nitrogens with zero attached hydrogens (tertiary/aromatic N) is 4. The van der Waals surface area contributed by atoms with Crippen molar-refractivity contribution in [1.29, 1.82) is 0 Å². The van der Waals surface area contributed by atoms with E-state index in [9.17, 15) is 13.2 Å². The number of carbonyl (C=O) groups excluding carboxylic acids is 1. The summed E-state index contributed by atoms with van der Waals surface area (Å²) >= 11 is 0. The lowest BCUT2D eigenvalue weighted by Crippen LogP contribution is -2.40. The summed E-state index contributed by atoms with van der Waals surface area (Å²) in [6.45, 7) is 4.16. The molecular weight excluding hydrogens is 466 g/mol. The number of rotatable bonds is 7. The number of aromatic nitrogens is 3. The first kappa shape index (κ1) is 23.4. The molecule has 4 aromatic rings. The minimum Gasteiger partial charge on any atom is -0.379 e. The van der Waals surface area contributed by atoms with Crippen LogP contribution in [0.25, 0.3) is 21.9 Å². The van der Waals surface area contributed by atoms with Crippen molar-refractivity contribution in [2.24, 2.45) is 0 Å². The molecule has 1 saturated heterocycles. The first-order valence-electron chi connectivity index (χ1n) is 11.7. The number of fused-ring (bicyclic) bond motifs is 2. The average Bonchev–Trinajstić information content (AvgIpc) is 3.24. The Kier molecular flexibility index (Phi) is 6.50. The molecule has 1 aliphatic rings. The maximum absolute atomic E-state index is 13.0. The fourth-order valence-electron chi connectivity index (χ4n) is 4.40. The Morgan fingerprint density at radius 1 is 1.09 bits per heavy atom. The predicted molar refractivity (Wildman–Crippen MR) is 134 cm³/mol. The lowest BCUT2D eigenvalue weighted by molar-refractivity contribution is -0.116. The van der Waals surface area contributed by atoms with Gasteiger partial charge in [0.2, 0.25) is 15.9 Å². The van der Waals surface area contributed by atoms with Crippen LogP contribution in [0.4, 0.5) is 5.69 Å². The van der Waals surface area contributed by atoms with E-state index in [1.807, 2.05) is 41.8 Å². The van der Waals surface area contributed by atoms with Gasteiger partial charge in [-0.25, -0.2) is 13.4 Å². The summed E-state index contributed by atoms with van der Waals surface area (Å²) < 4.78 is 34.8. The van der Waals surface area contributed by atoms with Gasteiger partial charge in [-0.15, -0.1) is 0 Å². The summed E-state index contributed by atoms with van der Waals surface area (Å²) in [6.07, 6.45) is 2.43. The van der Waals surface area contributed by atoms with Gasteiger partial charge in [0.05, 0.1) is 34.7 Å². The van der Waals surface area contributed by atoms with Crippen LogP contribution in [-0.4, -0.2) is 59.5 Å². The molecule has 182 valence electrons. The van der Waals surface area contributed by atoms with Crippen molar-refractivity contribution >= 4 is 43.6 Å². The number of anilines is 1. The fourth-order valence-corrected chi connectivity index (χ4v) is 5.83. The number of nitrogens with one attached hydrogen (secondary N) is 1. The molecule has 0 spiro atoms. The van der Waals surface area contributed by atoms with E-state index in [2.05, 4.69) is 15.3 Å². The minimum atomic E-state index is -3.60. The summed E-state index contributed by atoms with van der Waals surface area (Å²) in [5, 5.41) is 3.90. The molecule has 0 radical (unpaired) electrons. The number of benzene rings is 2. The van der Waals surface area contributed by atoms with Crippen LogP contribution in [0.3, 0.4) is 0 Å². The highest BCUT2D eigenvalue weighted by Crippen LogP contribution is 2.24. The van der Waals surface area contributed by atoms with E-state index in [0.717, 1.165) is 27.9 Å². The molecule has 10 heteroatoms. The quantitative estimate of drug-likeness (QED) is 0.424. The zero-order valence-corrected chi connectivity index (χ0v) is 20.3. The van der Waals surface area contributed by atoms with Crippen molar-refractivity contribution in [2.45, 2.75) is 31.2 Å². The standard InChI is InChI=1S/C25H27N5O4S/c1-2-30-23-8-6-20(35(32,33)29-12-14-34-15-13-29)17-22(23)28-24(30)9-10-25(31)27-19-5-7-21-18(16-19)4-3-11-26-21/h3-8,11,16-17H,2,9-10,12-15H2,1H3,(H,27,31). The van der Waals surface area contributed by atoms with Crippen molar-refractivity contribution < 1.29 is 17.9 Å². The second kappa shape index (κ2) is 9.73. The smallest absolute Gasteiger partial charge is 0.243 e. The highest BCUT2D eigenvalue weighted by molar-refractivity contribution is 7.89. The fraction of sp³-hybridized carbons (Fsp3) is 0.320. The Labute approximate surface area is 203 Å². The Bertz CT molecular complexity index is 1490. The van der Waals surface area contributed by atoms with Gasteiger partial charge in [0.25, 0.3) is 0 Å². The van der Waals surface area contributed by atoms with Crippen LogP contribution in [0.5, 0.6) is 0 Å². The van der Waals surface area contributed by atoms with Gasteiger partial charge >= 0.3 is 0 Å². The van der Waals surface area contributed by atoms with Gasteiger partial charge in [-0.05, 0) is 49.4 Å². The number of imidazole rings is 1. The maximum atomic E-state index is 13.0. The third-order valence-electron chi connectivity index (χ3n) is 6.19. The number of carbonyl (C=O) groups is 1. The Balaban J connectivity index is 1.32. The Morgan fingerprint density at radius 2 is 1.91 bits per heavy atom. The average molecular weight is 494 g/mol. The van der Waals surface area contributed by atoms with Crippen molar-refractivity contribution in [3.05, 3.63) is 60.6 Å². The monoisotopic (exact) mass is 493 g/mol. The molecule has 0 atom stereocenters. The minimum absolute atomic E-state index is 0.112. The van der Waals surface area contributed by atoms with Crippen LogP contribution in [0, 0.1) is 0 Å². The Morgan fingerprint density at radius 3 is 2.71 bits per heavy atom. The van der Waals surface area contributed by atoms with E-state index < -0.39 is 10.0 Å². The molecule has 0 saturated carbocycles. The lowest BCUT2D eigenvalue weighted by atomic mass is 10.2. The zero-order valence-electron chi connectivity index (χ0n) is 19.5. The molecule has 2 aromatic carbocycles. The van der Waals surface area contributed by atoms with Gasteiger partial charge in [-0.1, -0.05) is 6.07 Å². The van der Waals surface area contributed by atoms with Crippen LogP contribution in [0.2, 0.25) is 0 Å². The first-order valence-corrected chi connectivity index (χ1v) is 13.1. The highest BCUT2D eigenvalue weighted by atomic mass is 32.2. The molecule has 2 aromatic heterocycles. The summed E-state index contributed by atoms with van der Waals surface area (Å²) in [7, 11) is -3.60. The van der Waals surface area contributed by atoms with Crippen molar-refractivity contribution in [3.63, 3.8) is 0 Å². The van der Waals surface area contributed by atoms with Gasteiger partial charge in [-0.2, -0.15) is 4.31 Å². The van der Waals surface area contributed by atoms with E-state index in [4.69, 9.17) is 4.74 Å². The molecule has 3 heterocycles. The molecule has 1 N–H and O–H groups in total. The number of hydrogen-bond acceptors (Lipinski definition) is 6. The molecule has 0 aliphatic carbocycles. The second-order valence-electron chi connectivity index (χ2n) is 8.40. The Hall–Kier alpha value is -3.34. The normalized spacial score (nSPS) is 15.0. The lowest BCUT2D eigenvalue weighted by Gasteiger charge is -2.26. The molecule has 35 heavy (non-hydrogen) atoms. The first-order chi connectivity index (χ1) is 17.0. The molecule has 0 bridgehead atoms. The van der Waals surface area contributed by atoms with Crippen LogP contribution >= 0.6 is 0 Å². The summed E-state index contributed by atoms with van der Waals surface area (Å²) in [6, 6.07) is 14.5. The SMILES string of the molecule is CCn1c(CCC(=O)Nc2ccc3ncccc3c2)nc2cc(S(=O)(=O)N3CCOCC3)ccc21. The van der Waals surface area contributed by atoms with Crippen molar-refractivity contribution in [3.8, 4) is 0 Å². The number of hydrogen-bond donors (Lipinski definition) is 1. The van der Waals surface area contributed by atoms with Crippen LogP contribution in [-0.2, 0) is 32.5 Å². The highest BCUT2D eigenvalue weighted by Gasteiger charge is 2.27. The van der Waals surface area contributed by atoms with Gasteiger partial charge in [0.1, 0.15) is 5.82 Å². The molecule has 5 rings (SSSR count). The van der Waals surface area contributed by atoms with Crippen molar-refractivity contribution in [2.75, 3.05) is 31.6 Å². The summed E-state index contributed by atoms with van der Waals surface area (Å²) in [5.74, 6) is 0.639. The van der Waals surface area contributed by atoms with E-state index in [1.54, 1.807) is 24.4 Å². The molecule has 1 amide bonds. The number of pyridine rings is 1. The van der Waals surface area contributed by atoms with Gasteiger partial charge in [-0.3, -0.25) is 9.78 Å². The van der Waals surface area contributed by atoms with Gasteiger partial charge in [0.15, 0.2) is 0 Å². The van der Waals surface area contributed by atoms with E-state index >= 15 is 0 Å². The summed E-state index contributed by atoms with van der Waals surface area (Å²) in [5.41, 5.74) is 3.05.